The van der Waals surface area contributed by atoms with Gasteiger partial charge in [0.15, 0.2) is 0 Å². The summed E-state index contributed by atoms with van der Waals surface area (Å²) in [5.74, 6) is -0.681. The Balaban J connectivity index is -0.000000245. The molecule has 0 fully saturated rings. The van der Waals surface area contributed by atoms with Gasteiger partial charge < -0.3 is 6.16 Å². The molecule has 0 spiro atoms. The average Bonchev–Trinajstić information content (AvgIpc) is 1.67. The SMILES string of the molecule is C=C(C)C(=O)OC=O.[H-].[Li+]. The fraction of sp³-hybridized carbons (Fsp3) is 0.200. The van der Waals surface area contributed by atoms with Gasteiger partial charge in [-0.1, -0.05) is 6.58 Å². The topological polar surface area (TPSA) is 43.4 Å². The van der Waals surface area contributed by atoms with Gasteiger partial charge in [-0.25, -0.2) is 4.79 Å². The fourth-order valence-electron chi connectivity index (χ4n) is 0.144. The van der Waals surface area contributed by atoms with Gasteiger partial charge in [0.25, 0.3) is 0 Å². The number of hydrogen-bond donors (Lipinski definition) is 0. The molecule has 0 aromatic rings. The molecule has 9 heavy (non-hydrogen) atoms. The van der Waals surface area contributed by atoms with E-state index < -0.39 is 5.97 Å². The van der Waals surface area contributed by atoms with Crippen LogP contribution in [0.2, 0.25) is 0 Å². The maximum absolute atomic E-state index is 10.2. The summed E-state index contributed by atoms with van der Waals surface area (Å²) < 4.78 is 3.88. The molecule has 46 valence electrons. The van der Waals surface area contributed by atoms with Gasteiger partial charge in [-0.15, -0.1) is 0 Å². The van der Waals surface area contributed by atoms with Crippen LogP contribution in [0.15, 0.2) is 12.2 Å². The third kappa shape index (κ3) is 5.35. The molecule has 0 saturated carbocycles. The fourth-order valence-corrected chi connectivity index (χ4v) is 0.144. The van der Waals surface area contributed by atoms with Crippen LogP contribution in [0.4, 0.5) is 0 Å². The number of carbonyl (C=O) groups is 2. The summed E-state index contributed by atoms with van der Waals surface area (Å²) in [6, 6.07) is 0. The largest absolute Gasteiger partial charge is 1.00 e. The molecule has 0 heterocycles. The first-order valence-corrected chi connectivity index (χ1v) is 1.98. The van der Waals surface area contributed by atoms with Gasteiger partial charge in [-0.3, -0.25) is 4.79 Å². The van der Waals surface area contributed by atoms with E-state index in [2.05, 4.69) is 11.3 Å². The second kappa shape index (κ2) is 5.61. The Morgan fingerprint density at radius 1 is 1.78 bits per heavy atom. The van der Waals surface area contributed by atoms with E-state index in [0.29, 0.717) is 0 Å². The van der Waals surface area contributed by atoms with Crippen LogP contribution in [0, 0.1) is 0 Å². The molecule has 4 heteroatoms. The zero-order valence-electron chi connectivity index (χ0n) is 6.51. The Morgan fingerprint density at radius 2 is 2.22 bits per heavy atom. The van der Waals surface area contributed by atoms with Crippen LogP contribution in [0.5, 0.6) is 0 Å². The van der Waals surface area contributed by atoms with Crippen LogP contribution in [-0.2, 0) is 14.3 Å². The van der Waals surface area contributed by atoms with Crippen molar-refractivity contribution < 1.29 is 34.6 Å². The van der Waals surface area contributed by atoms with Crippen LogP contribution in [0.3, 0.4) is 0 Å². The first kappa shape index (κ1) is 11.3. The van der Waals surface area contributed by atoms with Gasteiger partial charge >= 0.3 is 31.3 Å². The Hall–Kier alpha value is -0.523. The third-order valence-electron chi connectivity index (χ3n) is 0.504. The summed E-state index contributed by atoms with van der Waals surface area (Å²) in [7, 11) is 0. The van der Waals surface area contributed by atoms with Crippen molar-refractivity contribution in [3.63, 3.8) is 0 Å². The monoisotopic (exact) mass is 122 g/mol. The van der Waals surface area contributed by atoms with Gasteiger partial charge in [0, 0.05) is 5.57 Å². The Kier molecular flexibility index (Phi) is 7.04. The average molecular weight is 122 g/mol. The smallest absolute Gasteiger partial charge is 1.00 e. The second-order valence-electron chi connectivity index (χ2n) is 1.28. The molecule has 0 aromatic heterocycles. The molecular formula is C5H7LiO3. The maximum atomic E-state index is 10.2. The molecule has 0 atom stereocenters. The third-order valence-corrected chi connectivity index (χ3v) is 0.504. The summed E-state index contributed by atoms with van der Waals surface area (Å²) in [6.07, 6.45) is 0. The van der Waals surface area contributed by atoms with Crippen molar-refractivity contribution >= 4 is 12.4 Å². The van der Waals surface area contributed by atoms with Crippen LogP contribution in [0.25, 0.3) is 0 Å². The summed E-state index contributed by atoms with van der Waals surface area (Å²) in [5, 5.41) is 0. The van der Waals surface area contributed by atoms with E-state index >= 15 is 0 Å². The normalized spacial score (nSPS) is 6.78. The van der Waals surface area contributed by atoms with E-state index in [4.69, 9.17) is 0 Å². The summed E-state index contributed by atoms with van der Waals surface area (Å²) >= 11 is 0. The minimum atomic E-state index is -0.681. The van der Waals surface area contributed by atoms with Crippen LogP contribution in [0.1, 0.15) is 8.35 Å². The van der Waals surface area contributed by atoms with E-state index in [1.165, 1.54) is 6.92 Å². The van der Waals surface area contributed by atoms with Crippen molar-refractivity contribution in [3.05, 3.63) is 12.2 Å². The van der Waals surface area contributed by atoms with Crippen LogP contribution in [-0.4, -0.2) is 12.4 Å². The molecule has 0 aliphatic rings. The van der Waals surface area contributed by atoms with Crippen molar-refractivity contribution in [2.24, 2.45) is 0 Å². The second-order valence-corrected chi connectivity index (χ2v) is 1.28. The molecule has 0 saturated heterocycles. The Labute approximate surface area is 66.7 Å². The molecular weight excluding hydrogens is 115 g/mol. The minimum absolute atomic E-state index is 0. The number of ether oxygens (including phenoxy) is 1. The first-order valence-electron chi connectivity index (χ1n) is 1.98. The number of rotatable bonds is 2. The maximum Gasteiger partial charge on any atom is 1.00 e. The molecule has 0 N–H and O–H groups in total. The Bertz CT molecular complexity index is 135. The van der Waals surface area contributed by atoms with E-state index in [1.807, 2.05) is 0 Å². The standard InChI is InChI=1S/C5H6O3.Li.H/c1-4(2)5(7)8-3-6;;/h3H,1H2,2H3;;/q;+1;-1. The number of carbonyl (C=O) groups excluding carboxylic acids is 2. The number of esters is 1. The van der Waals surface area contributed by atoms with E-state index in [1.54, 1.807) is 0 Å². The van der Waals surface area contributed by atoms with Crippen molar-refractivity contribution in [3.8, 4) is 0 Å². The molecule has 0 radical (unpaired) electrons. The molecule has 0 aromatic carbocycles. The Morgan fingerprint density at radius 3 is 2.33 bits per heavy atom. The van der Waals surface area contributed by atoms with Crippen molar-refractivity contribution in [1.29, 1.82) is 0 Å². The van der Waals surface area contributed by atoms with Crippen molar-refractivity contribution in [1.82, 2.24) is 0 Å². The molecule has 0 aliphatic carbocycles. The summed E-state index contributed by atoms with van der Waals surface area (Å²) in [6.45, 7) is 4.78. The zero-order valence-corrected chi connectivity index (χ0v) is 5.51. The molecule has 0 amide bonds. The van der Waals surface area contributed by atoms with E-state index in [-0.39, 0.29) is 32.3 Å². The van der Waals surface area contributed by atoms with Gasteiger partial charge in [0.05, 0.1) is 0 Å². The zero-order chi connectivity index (χ0) is 6.57. The minimum Gasteiger partial charge on any atom is -1.00 e. The first-order chi connectivity index (χ1) is 3.68. The summed E-state index contributed by atoms with van der Waals surface area (Å²) in [4.78, 5) is 19.6. The van der Waals surface area contributed by atoms with E-state index in [0.717, 1.165) is 0 Å². The van der Waals surface area contributed by atoms with Gasteiger partial charge in [0.1, 0.15) is 0 Å². The molecule has 0 rings (SSSR count). The van der Waals surface area contributed by atoms with Crippen molar-refractivity contribution in [2.45, 2.75) is 6.92 Å². The summed E-state index contributed by atoms with van der Waals surface area (Å²) in [5.41, 5.74) is 0.220. The van der Waals surface area contributed by atoms with Crippen LogP contribution < -0.4 is 18.9 Å². The van der Waals surface area contributed by atoms with Crippen LogP contribution >= 0.6 is 0 Å². The predicted molar refractivity (Wildman–Crippen MR) is 28.1 cm³/mol. The predicted octanol–water partition coefficient (Wildman–Crippen LogP) is -2.62. The molecule has 0 aliphatic heterocycles. The van der Waals surface area contributed by atoms with Crippen molar-refractivity contribution in [2.75, 3.05) is 0 Å². The van der Waals surface area contributed by atoms with Gasteiger partial charge in [-0.2, -0.15) is 0 Å². The molecule has 0 unspecified atom stereocenters. The molecule has 3 nitrogen and oxygen atoms in total. The van der Waals surface area contributed by atoms with Gasteiger partial charge in [-0.05, 0) is 6.92 Å². The van der Waals surface area contributed by atoms with Gasteiger partial charge in [0.2, 0.25) is 0 Å². The quantitative estimate of drug-likeness (QED) is 0.132. The van der Waals surface area contributed by atoms with E-state index in [9.17, 15) is 9.59 Å². The number of hydrogen-bond acceptors (Lipinski definition) is 3. The molecule has 0 bridgehead atoms.